The first-order chi connectivity index (χ1) is 14.6. The summed E-state index contributed by atoms with van der Waals surface area (Å²) in [5.74, 6) is -2.07. The Kier molecular flexibility index (Phi) is 5.04. The number of nitrogens with zero attached hydrogens (tertiary/aromatic N) is 2. The average molecular weight is 430 g/mol. The van der Waals surface area contributed by atoms with Gasteiger partial charge in [-0.25, -0.2) is 9.78 Å². The summed E-state index contributed by atoms with van der Waals surface area (Å²) in [4.78, 5) is 27.9. The molecule has 4 rings (SSSR count). The van der Waals surface area contributed by atoms with Crippen molar-refractivity contribution in [3.63, 3.8) is 0 Å². The van der Waals surface area contributed by atoms with Gasteiger partial charge in [0.2, 0.25) is 5.82 Å². The van der Waals surface area contributed by atoms with E-state index < -0.39 is 30.1 Å². The molecule has 0 aliphatic heterocycles. The highest BCUT2D eigenvalue weighted by molar-refractivity contribution is 5.84. The van der Waals surface area contributed by atoms with Gasteiger partial charge in [-0.15, -0.1) is 0 Å². The van der Waals surface area contributed by atoms with Crippen molar-refractivity contribution >= 4 is 28.0 Å². The van der Waals surface area contributed by atoms with Crippen molar-refractivity contribution in [3.8, 4) is 0 Å². The number of fused-ring (bicyclic) bond motifs is 2. The third-order valence-corrected chi connectivity index (χ3v) is 5.10. The van der Waals surface area contributed by atoms with Gasteiger partial charge < -0.3 is 13.7 Å². The lowest BCUT2D eigenvalue weighted by molar-refractivity contribution is -0.151. The molecule has 160 valence electrons. The van der Waals surface area contributed by atoms with Crippen LogP contribution < -0.4 is 5.63 Å². The first-order valence-corrected chi connectivity index (χ1v) is 9.36. The summed E-state index contributed by atoms with van der Waals surface area (Å²) in [5.41, 5.74) is 2.20. The molecule has 0 bridgehead atoms. The second-order valence-electron chi connectivity index (χ2n) is 7.14. The van der Waals surface area contributed by atoms with Crippen LogP contribution in [0.15, 0.2) is 51.7 Å². The summed E-state index contributed by atoms with van der Waals surface area (Å²) in [6.07, 6.45) is -4.73. The van der Waals surface area contributed by atoms with Gasteiger partial charge in [-0.1, -0.05) is 24.3 Å². The fourth-order valence-electron chi connectivity index (χ4n) is 3.43. The van der Waals surface area contributed by atoms with Gasteiger partial charge in [0.25, 0.3) is 0 Å². The number of hydrogen-bond acceptors (Lipinski definition) is 5. The Labute approximate surface area is 173 Å². The second-order valence-corrected chi connectivity index (χ2v) is 7.14. The lowest BCUT2D eigenvalue weighted by Crippen LogP contribution is -2.20. The predicted octanol–water partition coefficient (Wildman–Crippen LogP) is 4.52. The molecule has 0 atom stereocenters. The Morgan fingerprint density at radius 1 is 1.16 bits per heavy atom. The first-order valence-electron chi connectivity index (χ1n) is 9.36. The summed E-state index contributed by atoms with van der Waals surface area (Å²) in [6.45, 7) is 2.72. The molecule has 2 aromatic carbocycles. The van der Waals surface area contributed by atoms with Crippen LogP contribution in [0.25, 0.3) is 22.0 Å². The lowest BCUT2D eigenvalue weighted by atomic mass is 10.0. The normalized spacial score (nSPS) is 11.9. The van der Waals surface area contributed by atoms with Gasteiger partial charge >= 0.3 is 17.8 Å². The molecule has 0 amide bonds. The molecular formula is C22H17F3N2O4. The molecule has 0 saturated heterocycles. The molecular weight excluding hydrogens is 413 g/mol. The Hall–Kier alpha value is -3.62. The molecule has 31 heavy (non-hydrogen) atoms. The van der Waals surface area contributed by atoms with E-state index in [0.29, 0.717) is 16.5 Å². The largest absolute Gasteiger partial charge is 0.459 e. The van der Waals surface area contributed by atoms with Gasteiger partial charge in [0, 0.05) is 17.0 Å². The number of esters is 1. The number of aryl methyl sites for hydroxylation is 2. The Bertz CT molecular complexity index is 1370. The molecule has 0 spiro atoms. The number of ether oxygens (including phenoxy) is 1. The van der Waals surface area contributed by atoms with E-state index in [9.17, 15) is 22.8 Å². The third kappa shape index (κ3) is 3.90. The molecule has 9 heteroatoms. The van der Waals surface area contributed by atoms with E-state index in [2.05, 4.69) is 4.98 Å². The first kappa shape index (κ1) is 20.6. The number of aromatic nitrogens is 2. The van der Waals surface area contributed by atoms with Crippen molar-refractivity contribution in [2.75, 3.05) is 0 Å². The molecule has 0 unspecified atom stereocenters. The SMILES string of the molecule is Cc1ccc2c(COC(=O)Cn3c(C(F)(F)F)nc4ccccc43)cc(=O)oc2c1C. The third-order valence-electron chi connectivity index (χ3n) is 5.10. The minimum Gasteiger partial charge on any atom is -0.459 e. The highest BCUT2D eigenvalue weighted by Crippen LogP contribution is 2.31. The minimum atomic E-state index is -4.73. The van der Waals surface area contributed by atoms with E-state index in [1.54, 1.807) is 25.1 Å². The van der Waals surface area contributed by atoms with E-state index in [0.717, 1.165) is 15.7 Å². The Morgan fingerprint density at radius 3 is 2.65 bits per heavy atom. The molecule has 0 saturated carbocycles. The topological polar surface area (TPSA) is 74.3 Å². The number of carbonyl (C=O) groups is 1. The number of hydrogen-bond donors (Lipinski definition) is 0. The fraction of sp³-hybridized carbons (Fsp3) is 0.227. The molecule has 0 N–H and O–H groups in total. The van der Waals surface area contributed by atoms with E-state index in [1.165, 1.54) is 18.2 Å². The van der Waals surface area contributed by atoms with E-state index >= 15 is 0 Å². The number of para-hydroxylation sites is 2. The molecule has 0 aliphatic rings. The number of halogens is 3. The van der Waals surface area contributed by atoms with Crippen LogP contribution in [-0.2, 0) is 28.9 Å². The maximum Gasteiger partial charge on any atom is 0.449 e. The van der Waals surface area contributed by atoms with Crippen molar-refractivity contribution in [1.29, 1.82) is 0 Å². The summed E-state index contributed by atoms with van der Waals surface area (Å²) < 4.78 is 51.5. The summed E-state index contributed by atoms with van der Waals surface area (Å²) in [7, 11) is 0. The predicted molar refractivity (Wildman–Crippen MR) is 106 cm³/mol. The zero-order valence-electron chi connectivity index (χ0n) is 16.6. The van der Waals surface area contributed by atoms with Gasteiger partial charge in [0.15, 0.2) is 0 Å². The molecule has 0 fully saturated rings. The van der Waals surface area contributed by atoms with Gasteiger partial charge in [0.05, 0.1) is 11.0 Å². The highest BCUT2D eigenvalue weighted by Gasteiger charge is 2.38. The Morgan fingerprint density at radius 2 is 1.90 bits per heavy atom. The fourth-order valence-corrected chi connectivity index (χ4v) is 3.43. The van der Waals surface area contributed by atoms with Crippen molar-refractivity contribution in [3.05, 3.63) is 75.4 Å². The van der Waals surface area contributed by atoms with Crippen LogP contribution in [0.3, 0.4) is 0 Å². The van der Waals surface area contributed by atoms with Crippen LogP contribution in [0.1, 0.15) is 22.5 Å². The number of benzene rings is 2. The van der Waals surface area contributed by atoms with Crippen LogP contribution in [-0.4, -0.2) is 15.5 Å². The maximum absolute atomic E-state index is 13.4. The number of rotatable bonds is 4. The average Bonchev–Trinajstić information content (AvgIpc) is 3.08. The number of imidazole rings is 1. The van der Waals surface area contributed by atoms with Gasteiger partial charge in [-0.2, -0.15) is 13.2 Å². The summed E-state index contributed by atoms with van der Waals surface area (Å²) >= 11 is 0. The standard InChI is InChI=1S/C22H17F3N2O4/c1-12-7-8-15-14(9-18(28)31-20(15)13(12)2)11-30-19(29)10-27-17-6-4-3-5-16(17)26-21(27)22(23,24)25/h3-9H,10-11H2,1-2H3. The maximum atomic E-state index is 13.4. The monoisotopic (exact) mass is 430 g/mol. The number of alkyl halides is 3. The van der Waals surface area contributed by atoms with Crippen LogP contribution in [0.2, 0.25) is 0 Å². The van der Waals surface area contributed by atoms with E-state index in [1.807, 2.05) is 13.0 Å². The molecule has 0 radical (unpaired) electrons. The zero-order chi connectivity index (χ0) is 22.3. The van der Waals surface area contributed by atoms with Crippen molar-refractivity contribution in [2.45, 2.75) is 33.2 Å². The van der Waals surface area contributed by atoms with Gasteiger partial charge in [0.1, 0.15) is 18.7 Å². The lowest BCUT2D eigenvalue weighted by Gasteiger charge is -2.12. The molecule has 6 nitrogen and oxygen atoms in total. The molecule has 4 aromatic rings. The van der Waals surface area contributed by atoms with Gasteiger partial charge in [-0.3, -0.25) is 4.79 Å². The van der Waals surface area contributed by atoms with Crippen LogP contribution in [0.4, 0.5) is 13.2 Å². The number of carbonyl (C=O) groups excluding carboxylic acids is 1. The quantitative estimate of drug-likeness (QED) is 0.352. The van der Waals surface area contributed by atoms with Gasteiger partial charge in [-0.05, 0) is 37.1 Å². The van der Waals surface area contributed by atoms with E-state index in [4.69, 9.17) is 9.15 Å². The van der Waals surface area contributed by atoms with Crippen LogP contribution in [0, 0.1) is 13.8 Å². The van der Waals surface area contributed by atoms with Crippen molar-refractivity contribution in [1.82, 2.24) is 9.55 Å². The molecule has 2 heterocycles. The second kappa shape index (κ2) is 7.57. The smallest absolute Gasteiger partial charge is 0.449 e. The summed E-state index contributed by atoms with van der Waals surface area (Å²) in [5, 5.41) is 0.597. The van der Waals surface area contributed by atoms with E-state index in [-0.39, 0.29) is 17.6 Å². The van der Waals surface area contributed by atoms with Crippen molar-refractivity contribution in [2.24, 2.45) is 0 Å². The molecule has 2 aromatic heterocycles. The minimum absolute atomic E-state index is 0.125. The van der Waals surface area contributed by atoms with Crippen LogP contribution in [0.5, 0.6) is 0 Å². The zero-order valence-corrected chi connectivity index (χ0v) is 16.6. The van der Waals surface area contributed by atoms with Crippen LogP contribution >= 0.6 is 0 Å². The Balaban J connectivity index is 1.62. The molecule has 0 aliphatic carbocycles. The summed E-state index contributed by atoms with van der Waals surface area (Å²) in [6, 6.07) is 10.8. The highest BCUT2D eigenvalue weighted by atomic mass is 19.4. The van der Waals surface area contributed by atoms with Crippen molar-refractivity contribution < 1.29 is 27.1 Å².